The first-order valence-corrected chi connectivity index (χ1v) is 7.36. The van der Waals surface area contributed by atoms with Crippen molar-refractivity contribution in [3.05, 3.63) is 35.6 Å². The van der Waals surface area contributed by atoms with E-state index in [2.05, 4.69) is 5.32 Å². The lowest BCUT2D eigenvalue weighted by Crippen LogP contribution is -2.36. The first kappa shape index (κ1) is 17.9. The smallest absolute Gasteiger partial charge is 0.220 e. The van der Waals surface area contributed by atoms with E-state index in [4.69, 9.17) is 5.73 Å². The lowest BCUT2D eigenvalue weighted by Gasteiger charge is -2.34. The molecule has 3 nitrogen and oxygen atoms in total. The molecule has 2 atom stereocenters. The van der Waals surface area contributed by atoms with E-state index >= 15 is 0 Å². The molecule has 3 N–H and O–H groups in total. The molecule has 0 spiro atoms. The van der Waals surface area contributed by atoms with Crippen LogP contribution in [0.15, 0.2) is 24.3 Å². The highest BCUT2D eigenvalue weighted by Crippen LogP contribution is 2.37. The summed E-state index contributed by atoms with van der Waals surface area (Å²) in [6, 6.07) is 6.48. The number of benzene rings is 1. The molecule has 21 heavy (non-hydrogen) atoms. The summed E-state index contributed by atoms with van der Waals surface area (Å²) in [5.41, 5.74) is 6.67. The maximum atomic E-state index is 13.0. The standard InChI is InChI=1S/C16H23FN2O.ClH/c1-11(18)5-10-15(20)19-16(12-3-2-4-12)13-6-8-14(17)9-7-13;/h6-9,11-12,16H,2-5,10,18H2,1H3,(H,19,20);1H. The van der Waals surface area contributed by atoms with Crippen molar-refractivity contribution in [1.29, 1.82) is 0 Å². The Labute approximate surface area is 131 Å². The Balaban J connectivity index is 0.00000220. The van der Waals surface area contributed by atoms with Crippen LogP contribution >= 0.6 is 12.4 Å². The fourth-order valence-corrected chi connectivity index (χ4v) is 2.52. The zero-order valence-electron chi connectivity index (χ0n) is 12.3. The Hall–Kier alpha value is -1.13. The number of nitrogens with one attached hydrogen (secondary N) is 1. The fraction of sp³-hybridized carbons (Fsp3) is 0.562. The molecule has 1 aromatic carbocycles. The molecule has 2 rings (SSSR count). The lowest BCUT2D eigenvalue weighted by atomic mass is 9.77. The van der Waals surface area contributed by atoms with Crippen LogP contribution in [0.25, 0.3) is 0 Å². The van der Waals surface area contributed by atoms with Crippen molar-refractivity contribution in [2.24, 2.45) is 11.7 Å². The zero-order valence-corrected chi connectivity index (χ0v) is 13.2. The quantitative estimate of drug-likeness (QED) is 0.846. The highest BCUT2D eigenvalue weighted by molar-refractivity contribution is 5.85. The van der Waals surface area contributed by atoms with Gasteiger partial charge in [-0.25, -0.2) is 4.39 Å². The number of nitrogens with two attached hydrogens (primary N) is 1. The van der Waals surface area contributed by atoms with Gasteiger partial charge in [0.25, 0.3) is 0 Å². The second kappa shape index (κ2) is 8.35. The van der Waals surface area contributed by atoms with Gasteiger partial charge in [-0.05, 0) is 49.8 Å². The molecule has 1 aliphatic carbocycles. The molecule has 0 heterocycles. The van der Waals surface area contributed by atoms with Crippen LogP contribution in [0.4, 0.5) is 4.39 Å². The van der Waals surface area contributed by atoms with Gasteiger partial charge in [-0.3, -0.25) is 4.79 Å². The average Bonchev–Trinajstić information content (AvgIpc) is 2.34. The van der Waals surface area contributed by atoms with Gasteiger partial charge in [-0.15, -0.1) is 12.4 Å². The van der Waals surface area contributed by atoms with Crippen molar-refractivity contribution in [2.75, 3.05) is 0 Å². The summed E-state index contributed by atoms with van der Waals surface area (Å²) < 4.78 is 13.0. The summed E-state index contributed by atoms with van der Waals surface area (Å²) >= 11 is 0. The maximum Gasteiger partial charge on any atom is 0.220 e. The maximum absolute atomic E-state index is 13.0. The summed E-state index contributed by atoms with van der Waals surface area (Å²) in [4.78, 5) is 12.0. The highest BCUT2D eigenvalue weighted by Gasteiger charge is 2.29. The summed E-state index contributed by atoms with van der Waals surface area (Å²) in [5, 5.41) is 3.09. The van der Waals surface area contributed by atoms with Crippen molar-refractivity contribution in [3.8, 4) is 0 Å². The average molecular weight is 315 g/mol. The van der Waals surface area contributed by atoms with Gasteiger partial charge in [0.15, 0.2) is 0 Å². The van der Waals surface area contributed by atoms with Crippen molar-refractivity contribution in [3.63, 3.8) is 0 Å². The van der Waals surface area contributed by atoms with Gasteiger partial charge in [0.05, 0.1) is 6.04 Å². The second-order valence-electron chi connectivity index (χ2n) is 5.80. The first-order valence-electron chi connectivity index (χ1n) is 7.36. The van der Waals surface area contributed by atoms with E-state index in [-0.39, 0.29) is 36.2 Å². The number of halogens is 2. The minimum Gasteiger partial charge on any atom is -0.349 e. The van der Waals surface area contributed by atoms with Gasteiger partial charge in [0.2, 0.25) is 5.91 Å². The predicted molar refractivity (Wildman–Crippen MR) is 84.8 cm³/mol. The van der Waals surface area contributed by atoms with Crippen LogP contribution < -0.4 is 11.1 Å². The molecule has 0 saturated heterocycles. The van der Waals surface area contributed by atoms with Crippen LogP contribution in [0.3, 0.4) is 0 Å². The SMILES string of the molecule is CC(N)CCC(=O)NC(c1ccc(F)cc1)C1CCC1.Cl. The summed E-state index contributed by atoms with van der Waals surface area (Å²) in [6.45, 7) is 1.90. The third-order valence-corrected chi connectivity index (χ3v) is 3.99. The number of rotatable bonds is 6. The summed E-state index contributed by atoms with van der Waals surface area (Å²) in [6.07, 6.45) is 4.58. The molecule has 0 aromatic heterocycles. The molecule has 1 amide bonds. The molecule has 1 saturated carbocycles. The highest BCUT2D eigenvalue weighted by atomic mass is 35.5. The number of carbonyl (C=O) groups excluding carboxylic acids is 1. The van der Waals surface area contributed by atoms with Gasteiger partial charge in [-0.1, -0.05) is 18.6 Å². The number of hydrogen-bond donors (Lipinski definition) is 2. The molecule has 1 aliphatic rings. The Bertz CT molecular complexity index is 446. The molecular weight excluding hydrogens is 291 g/mol. The molecule has 118 valence electrons. The van der Waals surface area contributed by atoms with E-state index in [0.29, 0.717) is 18.8 Å². The van der Waals surface area contributed by atoms with Crippen LogP contribution in [0.5, 0.6) is 0 Å². The predicted octanol–water partition coefficient (Wildman–Crippen LogP) is 3.33. The Morgan fingerprint density at radius 3 is 2.48 bits per heavy atom. The van der Waals surface area contributed by atoms with Gasteiger partial charge < -0.3 is 11.1 Å². The van der Waals surface area contributed by atoms with E-state index < -0.39 is 0 Å². The molecular formula is C16H24ClFN2O. The van der Waals surface area contributed by atoms with Crippen LogP contribution in [0.2, 0.25) is 0 Å². The van der Waals surface area contributed by atoms with Crippen LogP contribution in [0.1, 0.15) is 50.6 Å². The summed E-state index contributed by atoms with van der Waals surface area (Å²) in [5.74, 6) is 0.257. The summed E-state index contributed by atoms with van der Waals surface area (Å²) in [7, 11) is 0. The third kappa shape index (κ3) is 5.29. The van der Waals surface area contributed by atoms with Crippen LogP contribution in [-0.4, -0.2) is 11.9 Å². The van der Waals surface area contributed by atoms with Crippen LogP contribution in [0, 0.1) is 11.7 Å². The topological polar surface area (TPSA) is 55.1 Å². The Morgan fingerprint density at radius 2 is 2.00 bits per heavy atom. The minimum absolute atomic E-state index is 0. The molecule has 0 bridgehead atoms. The molecule has 1 aromatic rings. The Morgan fingerprint density at radius 1 is 1.38 bits per heavy atom. The van der Waals surface area contributed by atoms with Gasteiger partial charge in [0, 0.05) is 12.5 Å². The Kier molecular flexibility index (Phi) is 7.12. The molecule has 2 unspecified atom stereocenters. The number of amides is 1. The van der Waals surface area contributed by atoms with Gasteiger partial charge in [-0.2, -0.15) is 0 Å². The van der Waals surface area contributed by atoms with E-state index in [1.54, 1.807) is 12.1 Å². The van der Waals surface area contributed by atoms with Gasteiger partial charge >= 0.3 is 0 Å². The molecule has 5 heteroatoms. The van der Waals surface area contributed by atoms with Crippen molar-refractivity contribution < 1.29 is 9.18 Å². The van der Waals surface area contributed by atoms with Crippen molar-refractivity contribution in [1.82, 2.24) is 5.32 Å². The van der Waals surface area contributed by atoms with E-state index in [1.165, 1.54) is 18.6 Å². The molecule has 1 fully saturated rings. The van der Waals surface area contributed by atoms with Crippen molar-refractivity contribution in [2.45, 2.75) is 51.1 Å². The van der Waals surface area contributed by atoms with E-state index in [1.807, 2.05) is 6.92 Å². The fourth-order valence-electron chi connectivity index (χ4n) is 2.52. The zero-order chi connectivity index (χ0) is 14.5. The van der Waals surface area contributed by atoms with Crippen molar-refractivity contribution >= 4 is 18.3 Å². The van der Waals surface area contributed by atoms with Crippen LogP contribution in [-0.2, 0) is 4.79 Å². The number of carbonyl (C=O) groups is 1. The van der Waals surface area contributed by atoms with E-state index in [0.717, 1.165) is 18.4 Å². The number of hydrogen-bond acceptors (Lipinski definition) is 2. The van der Waals surface area contributed by atoms with Gasteiger partial charge in [0.1, 0.15) is 5.82 Å². The lowest BCUT2D eigenvalue weighted by molar-refractivity contribution is -0.122. The second-order valence-corrected chi connectivity index (χ2v) is 5.80. The largest absolute Gasteiger partial charge is 0.349 e. The first-order chi connectivity index (χ1) is 9.56. The third-order valence-electron chi connectivity index (χ3n) is 3.99. The normalized spacial score (nSPS) is 17.3. The monoisotopic (exact) mass is 314 g/mol. The molecule has 0 aliphatic heterocycles. The van der Waals surface area contributed by atoms with E-state index in [9.17, 15) is 9.18 Å². The minimum atomic E-state index is -0.246. The molecule has 0 radical (unpaired) electrons.